The fraction of sp³-hybridized carbons (Fsp3) is 0.0800. The fourth-order valence-electron chi connectivity index (χ4n) is 3.35. The van der Waals surface area contributed by atoms with Crippen molar-refractivity contribution in [3.05, 3.63) is 100 Å². The van der Waals surface area contributed by atoms with Crippen molar-refractivity contribution in [3.8, 4) is 11.5 Å². The lowest BCUT2D eigenvalue weighted by atomic mass is 10.1. The minimum atomic E-state index is -0.743. The number of ether oxygens (including phenoxy) is 1. The number of halogens is 3. The third-order valence-corrected chi connectivity index (χ3v) is 5.51. The van der Waals surface area contributed by atoms with Gasteiger partial charge in [-0.3, -0.25) is 9.59 Å². The van der Waals surface area contributed by atoms with Crippen molar-refractivity contribution in [2.75, 3.05) is 11.1 Å². The Bertz CT molecular complexity index is 1420. The zero-order chi connectivity index (χ0) is 25.1. The van der Waals surface area contributed by atoms with E-state index in [0.29, 0.717) is 12.1 Å². The molecule has 2 aromatic heterocycles. The van der Waals surface area contributed by atoms with Crippen molar-refractivity contribution in [1.29, 1.82) is 0 Å². The summed E-state index contributed by atoms with van der Waals surface area (Å²) in [5.74, 6) is -2.04. The van der Waals surface area contributed by atoms with E-state index in [-0.39, 0.29) is 45.1 Å². The molecule has 0 bridgehead atoms. The number of nitrogen functional groups attached to an aromatic ring is 1. The maximum absolute atomic E-state index is 14.6. The first-order valence-corrected chi connectivity index (χ1v) is 10.8. The third kappa shape index (κ3) is 5.15. The first-order valence-electron chi connectivity index (χ1n) is 10.5. The van der Waals surface area contributed by atoms with Gasteiger partial charge in [-0.15, -0.1) is 0 Å². The molecule has 0 radical (unpaired) electrons. The van der Waals surface area contributed by atoms with Crippen LogP contribution in [-0.4, -0.2) is 21.2 Å². The van der Waals surface area contributed by atoms with Crippen molar-refractivity contribution < 1.29 is 23.1 Å². The van der Waals surface area contributed by atoms with Crippen LogP contribution in [-0.2, 0) is 6.54 Å². The van der Waals surface area contributed by atoms with Crippen LogP contribution in [0.3, 0.4) is 0 Å². The Labute approximate surface area is 204 Å². The molecule has 7 nitrogen and oxygen atoms in total. The lowest BCUT2D eigenvalue weighted by Crippen LogP contribution is -2.16. The minimum absolute atomic E-state index is 0.0460. The van der Waals surface area contributed by atoms with Crippen LogP contribution in [0.1, 0.15) is 33.3 Å². The molecule has 4 aromatic rings. The van der Waals surface area contributed by atoms with Gasteiger partial charge in [0.1, 0.15) is 22.4 Å². The summed E-state index contributed by atoms with van der Waals surface area (Å²) in [6.45, 7) is 2.22. The highest BCUT2D eigenvalue weighted by molar-refractivity contribution is 6.34. The first-order chi connectivity index (χ1) is 16.8. The monoisotopic (exact) mass is 496 g/mol. The zero-order valence-corrected chi connectivity index (χ0v) is 19.1. The van der Waals surface area contributed by atoms with Gasteiger partial charge in [0.15, 0.2) is 23.1 Å². The molecule has 0 saturated carbocycles. The molecule has 0 aliphatic rings. The van der Waals surface area contributed by atoms with E-state index in [9.17, 15) is 18.4 Å². The summed E-state index contributed by atoms with van der Waals surface area (Å²) in [5.41, 5.74) is 6.57. The summed E-state index contributed by atoms with van der Waals surface area (Å²) in [5, 5.41) is 2.66. The SMILES string of the molecule is CCn1cc(C(=O)c2ccc(F)cc2)cc1C(=O)Nc1ccc(Oc2ccnc(N)c2Cl)c(F)c1. The van der Waals surface area contributed by atoms with Gasteiger partial charge >= 0.3 is 0 Å². The maximum Gasteiger partial charge on any atom is 0.272 e. The summed E-state index contributed by atoms with van der Waals surface area (Å²) < 4.78 is 34.9. The zero-order valence-electron chi connectivity index (χ0n) is 18.4. The molecule has 3 N–H and O–H groups in total. The Hall–Kier alpha value is -4.24. The first kappa shape index (κ1) is 23.9. The van der Waals surface area contributed by atoms with Crippen molar-refractivity contribution in [2.45, 2.75) is 13.5 Å². The number of aromatic nitrogens is 2. The lowest BCUT2D eigenvalue weighted by molar-refractivity contribution is 0.101. The highest BCUT2D eigenvalue weighted by Gasteiger charge is 2.19. The maximum atomic E-state index is 14.6. The molecule has 0 saturated heterocycles. The number of benzene rings is 2. The lowest BCUT2D eigenvalue weighted by Gasteiger charge is -2.11. The average molecular weight is 497 g/mol. The number of ketones is 1. The quantitative estimate of drug-likeness (QED) is 0.320. The standard InChI is InChI=1S/C25H19ClF2N4O3/c1-2-32-13-15(23(33)14-3-5-16(27)6-4-14)11-19(32)25(34)31-17-7-8-20(18(28)12-17)35-21-9-10-30-24(29)22(21)26/h3-13H,2H2,1H3,(H2,29,30)(H,31,34). The molecule has 178 valence electrons. The van der Waals surface area contributed by atoms with Crippen LogP contribution in [0.2, 0.25) is 5.02 Å². The van der Waals surface area contributed by atoms with E-state index < -0.39 is 17.5 Å². The van der Waals surface area contributed by atoms with E-state index in [1.165, 1.54) is 54.7 Å². The number of aryl methyl sites for hydroxylation is 1. The number of anilines is 2. The van der Waals surface area contributed by atoms with Gasteiger partial charge in [0.05, 0.1) is 0 Å². The molecule has 0 aliphatic heterocycles. The number of pyridine rings is 1. The van der Waals surface area contributed by atoms with E-state index >= 15 is 0 Å². The van der Waals surface area contributed by atoms with Gasteiger partial charge in [-0.25, -0.2) is 13.8 Å². The van der Waals surface area contributed by atoms with Gasteiger partial charge in [-0.2, -0.15) is 0 Å². The largest absolute Gasteiger partial charge is 0.453 e. The van der Waals surface area contributed by atoms with Crippen LogP contribution in [0.15, 0.2) is 67.0 Å². The predicted molar refractivity (Wildman–Crippen MR) is 128 cm³/mol. The van der Waals surface area contributed by atoms with Crippen LogP contribution in [0, 0.1) is 11.6 Å². The van der Waals surface area contributed by atoms with E-state index in [0.717, 1.165) is 6.07 Å². The molecule has 1 amide bonds. The molecule has 10 heteroatoms. The second-order valence-electron chi connectivity index (χ2n) is 7.45. The molecule has 2 heterocycles. The van der Waals surface area contributed by atoms with Crippen LogP contribution in [0.25, 0.3) is 0 Å². The van der Waals surface area contributed by atoms with E-state index in [1.807, 2.05) is 6.92 Å². The normalized spacial score (nSPS) is 10.7. The van der Waals surface area contributed by atoms with Gasteiger partial charge in [-0.05, 0) is 49.4 Å². The molecular weight excluding hydrogens is 478 g/mol. The van der Waals surface area contributed by atoms with Crippen LogP contribution >= 0.6 is 11.6 Å². The number of rotatable bonds is 7. The molecular formula is C25H19ClF2N4O3. The van der Waals surface area contributed by atoms with Gasteiger partial charge in [-0.1, -0.05) is 11.6 Å². The molecule has 0 atom stereocenters. The van der Waals surface area contributed by atoms with Crippen molar-refractivity contribution >= 4 is 34.8 Å². The van der Waals surface area contributed by atoms with Gasteiger partial charge < -0.3 is 20.4 Å². The average Bonchev–Trinajstić information content (AvgIpc) is 3.28. The minimum Gasteiger partial charge on any atom is -0.453 e. The van der Waals surface area contributed by atoms with E-state index in [1.54, 1.807) is 10.8 Å². The molecule has 0 aliphatic carbocycles. The number of carbonyl (C=O) groups is 2. The number of nitrogens with one attached hydrogen (secondary N) is 1. The Morgan fingerprint density at radius 2 is 1.80 bits per heavy atom. The summed E-state index contributed by atoms with van der Waals surface area (Å²) in [4.78, 5) is 29.5. The van der Waals surface area contributed by atoms with Gasteiger partial charge in [0.2, 0.25) is 0 Å². The van der Waals surface area contributed by atoms with Crippen molar-refractivity contribution in [2.24, 2.45) is 0 Å². The van der Waals surface area contributed by atoms with E-state index in [2.05, 4.69) is 10.3 Å². The van der Waals surface area contributed by atoms with Crippen LogP contribution < -0.4 is 15.8 Å². The number of hydrogen-bond donors (Lipinski definition) is 2. The Morgan fingerprint density at radius 1 is 1.06 bits per heavy atom. The number of hydrogen-bond acceptors (Lipinski definition) is 5. The molecule has 0 fully saturated rings. The van der Waals surface area contributed by atoms with E-state index in [4.69, 9.17) is 22.1 Å². The second kappa shape index (κ2) is 9.94. The topological polar surface area (TPSA) is 99.2 Å². The highest BCUT2D eigenvalue weighted by atomic mass is 35.5. The van der Waals surface area contributed by atoms with Gasteiger partial charge in [0, 0.05) is 47.9 Å². The predicted octanol–water partition coefficient (Wildman–Crippen LogP) is 5.69. The number of nitrogens with zero attached hydrogens (tertiary/aromatic N) is 2. The molecule has 2 aromatic carbocycles. The highest BCUT2D eigenvalue weighted by Crippen LogP contribution is 2.34. The fourth-order valence-corrected chi connectivity index (χ4v) is 3.50. The van der Waals surface area contributed by atoms with Crippen molar-refractivity contribution in [3.63, 3.8) is 0 Å². The molecule has 4 rings (SSSR count). The second-order valence-corrected chi connectivity index (χ2v) is 7.82. The Kier molecular flexibility index (Phi) is 6.79. The van der Waals surface area contributed by atoms with Gasteiger partial charge in [0.25, 0.3) is 5.91 Å². The molecule has 35 heavy (non-hydrogen) atoms. The third-order valence-electron chi connectivity index (χ3n) is 5.13. The Balaban J connectivity index is 1.52. The number of carbonyl (C=O) groups excluding carboxylic acids is 2. The number of amides is 1. The summed E-state index contributed by atoms with van der Waals surface area (Å²) >= 11 is 6.03. The Morgan fingerprint density at radius 3 is 2.49 bits per heavy atom. The number of nitrogens with two attached hydrogens (primary N) is 1. The summed E-state index contributed by atoms with van der Waals surface area (Å²) in [7, 11) is 0. The molecule has 0 unspecified atom stereocenters. The van der Waals surface area contributed by atoms with Crippen LogP contribution in [0.5, 0.6) is 11.5 Å². The summed E-state index contributed by atoms with van der Waals surface area (Å²) in [6.07, 6.45) is 2.92. The van der Waals surface area contributed by atoms with Crippen LogP contribution in [0.4, 0.5) is 20.3 Å². The van der Waals surface area contributed by atoms with Crippen molar-refractivity contribution in [1.82, 2.24) is 9.55 Å². The summed E-state index contributed by atoms with van der Waals surface area (Å²) in [6, 6.07) is 11.9. The smallest absolute Gasteiger partial charge is 0.272 e. The molecule has 0 spiro atoms.